The molecule has 16 heavy (non-hydrogen) atoms. The molecule has 0 aliphatic heterocycles. The van der Waals surface area contributed by atoms with Crippen LogP contribution in [0.4, 0.5) is 17.6 Å². The molecule has 0 aliphatic carbocycles. The molecule has 7 heteroatoms. The van der Waals surface area contributed by atoms with Crippen molar-refractivity contribution in [3.8, 4) is 0 Å². The second-order valence-corrected chi connectivity index (χ2v) is 3.03. The van der Waals surface area contributed by atoms with Gasteiger partial charge in [-0.05, 0) is 11.6 Å². The highest BCUT2D eigenvalue weighted by Crippen LogP contribution is 2.32. The third-order valence-corrected chi connectivity index (χ3v) is 1.95. The Bertz CT molecular complexity index is 416. The Hall–Kier alpha value is -1.63. The molecular weight excluding hydrogens is 230 g/mol. The molecule has 0 saturated heterocycles. The second-order valence-electron chi connectivity index (χ2n) is 3.03. The molecule has 0 fully saturated rings. The topological polar surface area (TPSA) is 63.3 Å². The molecule has 0 bridgehead atoms. The maximum atomic E-state index is 13.0. The quantitative estimate of drug-likeness (QED) is 0.774. The molecule has 0 aromatic heterocycles. The maximum absolute atomic E-state index is 13.0. The zero-order valence-corrected chi connectivity index (χ0v) is 7.75. The minimum absolute atomic E-state index is 0.760. The largest absolute Gasteiger partial charge is 0.478 e. The van der Waals surface area contributed by atoms with E-state index >= 15 is 0 Å². The average molecular weight is 237 g/mol. The van der Waals surface area contributed by atoms with Crippen molar-refractivity contribution in [1.29, 1.82) is 0 Å². The molecule has 88 valence electrons. The number of carboxylic acid groups (broad SMARTS) is 1. The molecule has 1 aromatic carbocycles. The summed E-state index contributed by atoms with van der Waals surface area (Å²) in [5.41, 5.74) is 2.98. The van der Waals surface area contributed by atoms with Crippen molar-refractivity contribution in [2.45, 2.75) is 12.2 Å². The number of hydrogen-bond donors (Lipinski definition) is 2. The van der Waals surface area contributed by atoms with Gasteiger partial charge in [-0.25, -0.2) is 9.18 Å². The van der Waals surface area contributed by atoms with Crippen LogP contribution in [0.3, 0.4) is 0 Å². The lowest BCUT2D eigenvalue weighted by atomic mass is 10.00. The first-order chi connectivity index (χ1) is 7.25. The van der Waals surface area contributed by atoms with Gasteiger partial charge in [0.15, 0.2) is 0 Å². The summed E-state index contributed by atoms with van der Waals surface area (Å²) in [6.07, 6.45) is -4.82. The van der Waals surface area contributed by atoms with Crippen molar-refractivity contribution in [2.75, 3.05) is 0 Å². The molecule has 0 radical (unpaired) electrons. The maximum Gasteiger partial charge on any atom is 0.407 e. The highest BCUT2D eigenvalue weighted by atomic mass is 19.4. The van der Waals surface area contributed by atoms with Crippen LogP contribution in [0.1, 0.15) is 22.0 Å². The summed E-state index contributed by atoms with van der Waals surface area (Å²) < 4.78 is 49.9. The Balaban J connectivity index is 3.34. The van der Waals surface area contributed by atoms with E-state index in [1.165, 1.54) is 0 Å². The minimum Gasteiger partial charge on any atom is -0.478 e. The Kier molecular flexibility index (Phi) is 3.18. The average Bonchev–Trinajstić information content (AvgIpc) is 2.14. The molecule has 3 nitrogen and oxygen atoms in total. The first kappa shape index (κ1) is 12.4. The summed E-state index contributed by atoms with van der Waals surface area (Å²) in [6, 6.07) is 0.0537. The molecule has 0 heterocycles. The predicted molar refractivity (Wildman–Crippen MR) is 46.3 cm³/mol. The molecule has 0 spiro atoms. The van der Waals surface area contributed by atoms with Crippen molar-refractivity contribution >= 4 is 5.97 Å². The van der Waals surface area contributed by atoms with Crippen molar-refractivity contribution in [2.24, 2.45) is 5.73 Å². The Morgan fingerprint density at radius 2 is 1.94 bits per heavy atom. The van der Waals surface area contributed by atoms with E-state index < -0.39 is 35.1 Å². The van der Waals surface area contributed by atoms with Crippen LogP contribution in [0.5, 0.6) is 0 Å². The van der Waals surface area contributed by atoms with Crippen LogP contribution < -0.4 is 5.73 Å². The first-order valence-corrected chi connectivity index (χ1v) is 4.09. The van der Waals surface area contributed by atoms with E-state index in [0.29, 0.717) is 0 Å². The van der Waals surface area contributed by atoms with E-state index in [-0.39, 0.29) is 0 Å². The normalized spacial score (nSPS) is 13.6. The fraction of sp³-hybridized carbons (Fsp3) is 0.222. The number of halogens is 4. The summed E-state index contributed by atoms with van der Waals surface area (Å²) in [6.45, 7) is 0. The highest BCUT2D eigenvalue weighted by Gasteiger charge is 2.40. The van der Waals surface area contributed by atoms with Crippen molar-refractivity contribution in [3.63, 3.8) is 0 Å². The lowest BCUT2D eigenvalue weighted by Crippen LogP contribution is -2.30. The van der Waals surface area contributed by atoms with Crippen molar-refractivity contribution in [3.05, 3.63) is 35.1 Å². The number of benzene rings is 1. The van der Waals surface area contributed by atoms with Crippen LogP contribution in [0, 0.1) is 5.82 Å². The second kappa shape index (κ2) is 4.09. The standard InChI is InChI=1S/C9H7F4NO2/c10-5-3-1-2-4(6(5)8(15)16)7(14)9(11,12)13/h1-3,7H,14H2,(H,15,16)/t7-/m0/s1. The van der Waals surface area contributed by atoms with Gasteiger partial charge in [0, 0.05) is 0 Å². The van der Waals surface area contributed by atoms with E-state index in [9.17, 15) is 22.4 Å². The highest BCUT2D eigenvalue weighted by molar-refractivity contribution is 5.90. The van der Waals surface area contributed by atoms with E-state index in [0.717, 1.165) is 18.2 Å². The number of aromatic carboxylic acids is 1. The van der Waals surface area contributed by atoms with Crippen LogP contribution in [0.25, 0.3) is 0 Å². The number of alkyl halides is 3. The lowest BCUT2D eigenvalue weighted by Gasteiger charge is -2.17. The third-order valence-electron chi connectivity index (χ3n) is 1.95. The fourth-order valence-corrected chi connectivity index (χ4v) is 1.20. The minimum atomic E-state index is -4.82. The van der Waals surface area contributed by atoms with Gasteiger partial charge >= 0.3 is 12.1 Å². The van der Waals surface area contributed by atoms with Gasteiger partial charge in [0.05, 0.1) is 0 Å². The van der Waals surface area contributed by atoms with Crippen LogP contribution >= 0.6 is 0 Å². The molecule has 0 amide bonds. The summed E-state index contributed by atoms with van der Waals surface area (Å²) in [5.74, 6) is -3.03. The Morgan fingerprint density at radius 3 is 2.38 bits per heavy atom. The summed E-state index contributed by atoms with van der Waals surface area (Å²) in [7, 11) is 0. The van der Waals surface area contributed by atoms with E-state index in [4.69, 9.17) is 10.8 Å². The Morgan fingerprint density at radius 1 is 1.38 bits per heavy atom. The fourth-order valence-electron chi connectivity index (χ4n) is 1.20. The van der Waals surface area contributed by atoms with Gasteiger partial charge in [-0.15, -0.1) is 0 Å². The van der Waals surface area contributed by atoms with Gasteiger partial charge in [0.25, 0.3) is 0 Å². The van der Waals surface area contributed by atoms with Crippen molar-refractivity contribution < 1.29 is 27.5 Å². The SMILES string of the molecule is N[C@@H](c1cccc(F)c1C(=O)O)C(F)(F)F. The van der Waals surface area contributed by atoms with Gasteiger partial charge in [-0.2, -0.15) is 13.2 Å². The summed E-state index contributed by atoms with van der Waals surface area (Å²) in [4.78, 5) is 10.6. The number of carboxylic acids is 1. The van der Waals surface area contributed by atoms with E-state index in [1.54, 1.807) is 0 Å². The lowest BCUT2D eigenvalue weighted by molar-refractivity contribution is -0.149. The Labute approximate surface area is 87.5 Å². The summed E-state index contributed by atoms with van der Waals surface area (Å²) in [5, 5.41) is 8.60. The molecule has 0 aliphatic rings. The van der Waals surface area contributed by atoms with Gasteiger partial charge in [-0.3, -0.25) is 0 Å². The van der Waals surface area contributed by atoms with Crippen molar-refractivity contribution in [1.82, 2.24) is 0 Å². The molecule has 1 aromatic rings. The molecule has 0 unspecified atom stereocenters. The molecule has 3 N–H and O–H groups in total. The first-order valence-electron chi connectivity index (χ1n) is 4.09. The molecule has 0 saturated carbocycles. The number of rotatable bonds is 2. The zero-order valence-electron chi connectivity index (χ0n) is 7.75. The molecular formula is C9H7F4NO2. The smallest absolute Gasteiger partial charge is 0.407 e. The molecule has 1 rings (SSSR count). The number of hydrogen-bond acceptors (Lipinski definition) is 2. The van der Waals surface area contributed by atoms with Crippen LogP contribution in [-0.2, 0) is 0 Å². The van der Waals surface area contributed by atoms with Gasteiger partial charge < -0.3 is 10.8 Å². The number of carbonyl (C=O) groups is 1. The van der Waals surface area contributed by atoms with Crippen LogP contribution in [0.15, 0.2) is 18.2 Å². The number of nitrogens with two attached hydrogens (primary N) is 1. The third kappa shape index (κ3) is 2.30. The van der Waals surface area contributed by atoms with Gasteiger partial charge in [0.1, 0.15) is 17.4 Å². The van der Waals surface area contributed by atoms with E-state index in [2.05, 4.69) is 0 Å². The van der Waals surface area contributed by atoms with Gasteiger partial charge in [-0.1, -0.05) is 12.1 Å². The van der Waals surface area contributed by atoms with E-state index in [1.807, 2.05) is 0 Å². The zero-order chi connectivity index (χ0) is 12.5. The monoisotopic (exact) mass is 237 g/mol. The molecule has 1 atom stereocenters. The summed E-state index contributed by atoms with van der Waals surface area (Å²) >= 11 is 0. The van der Waals surface area contributed by atoms with Crippen LogP contribution in [-0.4, -0.2) is 17.3 Å². The predicted octanol–water partition coefficient (Wildman–Crippen LogP) is 2.09. The van der Waals surface area contributed by atoms with Gasteiger partial charge in [0.2, 0.25) is 0 Å². The van der Waals surface area contributed by atoms with Crippen LogP contribution in [0.2, 0.25) is 0 Å².